The molecule has 0 heterocycles. The van der Waals surface area contributed by atoms with Gasteiger partial charge in [0.1, 0.15) is 19.0 Å². The van der Waals surface area contributed by atoms with E-state index in [0.717, 1.165) is 25.7 Å². The van der Waals surface area contributed by atoms with Crippen molar-refractivity contribution in [2.24, 2.45) is 10.8 Å². The third-order valence-corrected chi connectivity index (χ3v) is 8.64. The summed E-state index contributed by atoms with van der Waals surface area (Å²) >= 11 is 0. The van der Waals surface area contributed by atoms with Gasteiger partial charge >= 0.3 is 18.0 Å². The summed E-state index contributed by atoms with van der Waals surface area (Å²) in [6, 6.07) is 10.6. The zero-order valence-corrected chi connectivity index (χ0v) is 23.6. The van der Waals surface area contributed by atoms with Crippen LogP contribution in [0.1, 0.15) is 87.1 Å². The molecule has 9 heteroatoms. The van der Waals surface area contributed by atoms with Gasteiger partial charge in [0.05, 0.1) is 11.0 Å². The number of halogens is 2. The Balaban J connectivity index is 1.21. The molecule has 2 aromatic rings. The fourth-order valence-corrected chi connectivity index (χ4v) is 6.09. The van der Waals surface area contributed by atoms with Crippen molar-refractivity contribution in [3.8, 4) is 5.75 Å². The minimum Gasteiger partial charge on any atom is -0.459 e. The average Bonchev–Trinajstić information content (AvgIpc) is 2.95. The Hall–Kier alpha value is -3.62. The van der Waals surface area contributed by atoms with Gasteiger partial charge in [-0.15, -0.1) is 0 Å². The first-order valence-electron chi connectivity index (χ1n) is 14.4. The van der Waals surface area contributed by atoms with Crippen molar-refractivity contribution < 1.29 is 32.6 Å². The molecule has 2 aromatic carbocycles. The standard InChI is InChI=1S/C32H40F2N2O5/c1-2-3-4-11-30-12-15-31(16-13-30,17-14-30)32(33,34)41-27-8-5-23(6-9-27)7-10-28(37)39-18-19-40-29(38)24-20-25(35)22-26(36)21-24/h5-10,20-22H,2-4,11-19,35-36H2,1H3/b10-7+. The number of carbonyl (C=O) groups is 2. The third-order valence-electron chi connectivity index (χ3n) is 8.64. The molecule has 0 radical (unpaired) electrons. The van der Waals surface area contributed by atoms with Crippen molar-refractivity contribution in [3.05, 3.63) is 59.7 Å². The van der Waals surface area contributed by atoms with Crippen molar-refractivity contribution in [2.75, 3.05) is 24.7 Å². The number of nitrogen functional groups attached to an aromatic ring is 2. The normalized spacial score (nSPS) is 22.0. The molecule has 0 saturated heterocycles. The molecular formula is C32H40F2N2O5. The monoisotopic (exact) mass is 570 g/mol. The maximum Gasteiger partial charge on any atom is 0.403 e. The minimum absolute atomic E-state index is 0.0956. The van der Waals surface area contributed by atoms with Crippen LogP contribution in [-0.2, 0) is 14.3 Å². The highest BCUT2D eigenvalue weighted by Crippen LogP contribution is 2.63. The van der Waals surface area contributed by atoms with E-state index >= 15 is 8.78 Å². The number of nitrogens with two attached hydrogens (primary N) is 2. The van der Waals surface area contributed by atoms with Gasteiger partial charge in [-0.3, -0.25) is 0 Å². The van der Waals surface area contributed by atoms with E-state index < -0.39 is 23.5 Å². The summed E-state index contributed by atoms with van der Waals surface area (Å²) < 4.78 is 46.3. The molecule has 4 N–H and O–H groups in total. The van der Waals surface area contributed by atoms with Crippen LogP contribution in [0.3, 0.4) is 0 Å². The van der Waals surface area contributed by atoms with Crippen LogP contribution < -0.4 is 16.2 Å². The van der Waals surface area contributed by atoms with Gasteiger partial charge in [0, 0.05) is 17.5 Å². The van der Waals surface area contributed by atoms with Crippen molar-refractivity contribution in [1.82, 2.24) is 0 Å². The second kappa shape index (κ2) is 12.9. The molecule has 0 atom stereocenters. The molecule has 7 nitrogen and oxygen atoms in total. The summed E-state index contributed by atoms with van der Waals surface area (Å²) in [7, 11) is 0. The Bertz CT molecular complexity index is 1200. The molecule has 0 spiro atoms. The minimum atomic E-state index is -3.24. The van der Waals surface area contributed by atoms with Gasteiger partial charge in [0.2, 0.25) is 0 Å². The second-order valence-corrected chi connectivity index (χ2v) is 11.5. The van der Waals surface area contributed by atoms with Crippen LogP contribution in [0.5, 0.6) is 5.75 Å². The molecule has 2 bridgehead atoms. The van der Waals surface area contributed by atoms with Gasteiger partial charge in [-0.25, -0.2) is 9.59 Å². The molecule has 3 aliphatic rings. The lowest BCUT2D eigenvalue weighted by Gasteiger charge is -2.55. The number of hydrogen-bond acceptors (Lipinski definition) is 7. The van der Waals surface area contributed by atoms with E-state index in [1.54, 1.807) is 12.1 Å². The topological polar surface area (TPSA) is 114 Å². The number of alkyl halides is 2. The molecule has 5 rings (SSSR count). The van der Waals surface area contributed by atoms with Crippen LogP contribution in [-0.4, -0.2) is 31.3 Å². The van der Waals surface area contributed by atoms with E-state index in [2.05, 4.69) is 6.92 Å². The predicted molar refractivity (Wildman–Crippen MR) is 154 cm³/mol. The first-order chi connectivity index (χ1) is 19.6. The average molecular weight is 571 g/mol. The first-order valence-corrected chi connectivity index (χ1v) is 14.4. The molecule has 3 saturated carbocycles. The molecule has 222 valence electrons. The number of hydrogen-bond donors (Lipinski definition) is 2. The highest BCUT2D eigenvalue weighted by Gasteiger charge is 2.62. The number of anilines is 2. The predicted octanol–water partition coefficient (Wildman–Crippen LogP) is 7.16. The fraction of sp³-hybridized carbons (Fsp3) is 0.500. The fourth-order valence-electron chi connectivity index (χ4n) is 6.09. The lowest BCUT2D eigenvalue weighted by molar-refractivity contribution is -0.289. The highest BCUT2D eigenvalue weighted by molar-refractivity contribution is 5.91. The maximum atomic E-state index is 15.5. The second-order valence-electron chi connectivity index (χ2n) is 11.5. The van der Waals surface area contributed by atoms with Crippen LogP contribution in [0.15, 0.2) is 48.5 Å². The summed E-state index contributed by atoms with van der Waals surface area (Å²) in [5.74, 6) is -1.18. The Labute approximate surface area is 240 Å². The number of unbranched alkanes of at least 4 members (excludes halogenated alkanes) is 2. The number of ether oxygens (including phenoxy) is 3. The smallest absolute Gasteiger partial charge is 0.403 e. The van der Waals surface area contributed by atoms with E-state index in [-0.39, 0.29) is 29.9 Å². The summed E-state index contributed by atoms with van der Waals surface area (Å²) in [6.07, 6.45) is 8.27. The van der Waals surface area contributed by atoms with E-state index in [4.69, 9.17) is 25.7 Å². The lowest BCUT2D eigenvalue weighted by atomic mass is 9.52. The lowest BCUT2D eigenvalue weighted by Crippen LogP contribution is -2.53. The zero-order valence-electron chi connectivity index (χ0n) is 23.6. The summed E-state index contributed by atoms with van der Waals surface area (Å²) in [6.45, 7) is 1.90. The van der Waals surface area contributed by atoms with Gasteiger partial charge < -0.3 is 25.7 Å². The Morgan fingerprint density at radius 3 is 2.12 bits per heavy atom. The third kappa shape index (κ3) is 7.57. The number of benzene rings is 2. The quantitative estimate of drug-likeness (QED) is 0.114. The molecule has 41 heavy (non-hydrogen) atoms. The maximum absolute atomic E-state index is 15.5. The van der Waals surface area contributed by atoms with Crippen molar-refractivity contribution in [3.63, 3.8) is 0 Å². The van der Waals surface area contributed by atoms with Gasteiger partial charge in [-0.2, -0.15) is 8.78 Å². The van der Waals surface area contributed by atoms with E-state index in [0.29, 0.717) is 36.2 Å². The molecular weight excluding hydrogens is 530 g/mol. The SMILES string of the molecule is CCCCCC12CCC(C(F)(F)Oc3ccc(/C=C/C(=O)OCCOC(=O)c4cc(N)cc(N)c4)cc3)(CC1)CC2. The summed E-state index contributed by atoms with van der Waals surface area (Å²) in [4.78, 5) is 24.1. The van der Waals surface area contributed by atoms with Gasteiger partial charge in [0.15, 0.2) is 0 Å². The number of rotatable bonds is 13. The molecule has 3 fully saturated rings. The van der Waals surface area contributed by atoms with Crippen LogP contribution in [0.2, 0.25) is 0 Å². The Morgan fingerprint density at radius 1 is 0.902 bits per heavy atom. The number of carbonyl (C=O) groups excluding carboxylic acids is 2. The summed E-state index contributed by atoms with van der Waals surface area (Å²) in [5, 5.41) is 0. The van der Waals surface area contributed by atoms with Gasteiger partial charge in [-0.1, -0.05) is 38.3 Å². The first kappa shape index (κ1) is 30.3. The zero-order chi connectivity index (χ0) is 29.5. The van der Waals surface area contributed by atoms with Gasteiger partial charge in [0.25, 0.3) is 0 Å². The summed E-state index contributed by atoms with van der Waals surface area (Å²) in [5.41, 5.74) is 12.0. The van der Waals surface area contributed by atoms with Gasteiger partial charge in [-0.05, 0) is 92.3 Å². The van der Waals surface area contributed by atoms with Crippen molar-refractivity contribution >= 4 is 29.4 Å². The molecule has 0 unspecified atom stereocenters. The van der Waals surface area contributed by atoms with E-state index in [9.17, 15) is 9.59 Å². The van der Waals surface area contributed by atoms with E-state index in [1.165, 1.54) is 61.7 Å². The molecule has 0 aromatic heterocycles. The van der Waals surface area contributed by atoms with Crippen molar-refractivity contribution in [1.29, 1.82) is 0 Å². The Kier molecular flexibility index (Phi) is 9.56. The number of fused-ring (bicyclic) bond motifs is 3. The largest absolute Gasteiger partial charge is 0.459 e. The van der Waals surface area contributed by atoms with E-state index in [1.807, 2.05) is 0 Å². The highest BCUT2D eigenvalue weighted by atomic mass is 19.3. The molecule has 0 aliphatic heterocycles. The van der Waals surface area contributed by atoms with Crippen LogP contribution in [0.4, 0.5) is 20.2 Å². The molecule has 0 amide bonds. The van der Waals surface area contributed by atoms with Crippen LogP contribution >= 0.6 is 0 Å². The van der Waals surface area contributed by atoms with Crippen molar-refractivity contribution in [2.45, 2.75) is 77.2 Å². The molecule has 3 aliphatic carbocycles. The number of esters is 2. The van der Waals surface area contributed by atoms with Crippen LogP contribution in [0.25, 0.3) is 6.08 Å². The van der Waals surface area contributed by atoms with Crippen LogP contribution in [0, 0.1) is 10.8 Å². The Morgan fingerprint density at radius 2 is 1.51 bits per heavy atom.